The molecule has 0 atom stereocenters. The van der Waals surface area contributed by atoms with E-state index in [-0.39, 0.29) is 12.5 Å². The van der Waals surface area contributed by atoms with Gasteiger partial charge in [-0.3, -0.25) is 0 Å². The molecule has 0 saturated carbocycles. The fourth-order valence-electron chi connectivity index (χ4n) is 1.69. The van der Waals surface area contributed by atoms with E-state index < -0.39 is 5.82 Å². The predicted octanol–water partition coefficient (Wildman–Crippen LogP) is 3.56. The van der Waals surface area contributed by atoms with Crippen molar-refractivity contribution >= 4 is 11.6 Å². The van der Waals surface area contributed by atoms with Gasteiger partial charge in [-0.15, -0.1) is 0 Å². The van der Waals surface area contributed by atoms with Crippen LogP contribution >= 0.6 is 11.6 Å². The summed E-state index contributed by atoms with van der Waals surface area (Å²) in [7, 11) is 0. The third-order valence-corrected chi connectivity index (χ3v) is 3.04. The Morgan fingerprint density at radius 2 is 2.00 bits per heavy atom. The van der Waals surface area contributed by atoms with Gasteiger partial charge in [0.2, 0.25) is 0 Å². The summed E-state index contributed by atoms with van der Waals surface area (Å²) in [5.41, 5.74) is 1.46. The Labute approximate surface area is 122 Å². The molecule has 2 rings (SSSR count). The number of nitrogens with zero attached hydrogens (tertiary/aromatic N) is 1. The first-order valence-corrected chi connectivity index (χ1v) is 6.80. The topological polar surface area (TPSA) is 34.2 Å². The lowest BCUT2D eigenvalue weighted by molar-refractivity contribution is 0.276. The van der Waals surface area contributed by atoms with Gasteiger partial charge in [-0.2, -0.15) is 0 Å². The number of hydrogen-bond acceptors (Lipinski definition) is 3. The molecule has 1 aromatic heterocycles. The van der Waals surface area contributed by atoms with E-state index in [1.54, 1.807) is 24.4 Å². The molecule has 0 aliphatic carbocycles. The van der Waals surface area contributed by atoms with E-state index in [2.05, 4.69) is 10.3 Å². The fraction of sp³-hybridized carbons (Fsp3) is 0.267. The molecule has 1 aromatic carbocycles. The molecular formula is C15H16ClFN2O. The number of ether oxygens (including phenoxy) is 1. The van der Waals surface area contributed by atoms with Crippen LogP contribution in [-0.4, -0.2) is 11.5 Å². The third kappa shape index (κ3) is 3.92. The van der Waals surface area contributed by atoms with Crippen molar-refractivity contribution in [1.29, 1.82) is 0 Å². The molecule has 106 valence electrons. The molecule has 0 amide bonds. The molecule has 2 aromatic rings. The van der Waals surface area contributed by atoms with Crippen LogP contribution in [0, 0.1) is 5.82 Å². The van der Waals surface area contributed by atoms with Gasteiger partial charge in [-0.25, -0.2) is 9.37 Å². The van der Waals surface area contributed by atoms with Gasteiger partial charge in [0.25, 0.3) is 5.88 Å². The molecule has 0 unspecified atom stereocenters. The first-order valence-electron chi connectivity index (χ1n) is 6.42. The molecule has 3 nitrogen and oxygen atoms in total. The maximum atomic E-state index is 14.1. The summed E-state index contributed by atoms with van der Waals surface area (Å²) < 4.78 is 19.5. The highest BCUT2D eigenvalue weighted by molar-refractivity contribution is 6.30. The number of benzene rings is 1. The van der Waals surface area contributed by atoms with Gasteiger partial charge in [-0.05, 0) is 30.3 Å². The highest BCUT2D eigenvalue weighted by Gasteiger charge is 2.10. The van der Waals surface area contributed by atoms with E-state index in [4.69, 9.17) is 16.3 Å². The van der Waals surface area contributed by atoms with E-state index >= 15 is 0 Å². The van der Waals surface area contributed by atoms with Crippen LogP contribution < -0.4 is 10.1 Å². The molecule has 0 fully saturated rings. The first kappa shape index (κ1) is 14.8. The van der Waals surface area contributed by atoms with Crippen molar-refractivity contribution in [3.8, 4) is 5.88 Å². The summed E-state index contributed by atoms with van der Waals surface area (Å²) in [6.45, 7) is 3.47. The molecule has 0 aliphatic rings. The van der Waals surface area contributed by atoms with Gasteiger partial charge in [0.05, 0.1) is 0 Å². The zero-order chi connectivity index (χ0) is 14.4. The van der Waals surface area contributed by atoms with Crippen LogP contribution in [0.25, 0.3) is 0 Å². The van der Waals surface area contributed by atoms with Gasteiger partial charge in [0, 0.05) is 23.3 Å². The molecule has 20 heavy (non-hydrogen) atoms. The highest BCUT2D eigenvalue weighted by atomic mass is 35.5. The molecule has 1 N–H and O–H groups in total. The maximum absolute atomic E-state index is 14.1. The zero-order valence-corrected chi connectivity index (χ0v) is 12.0. The molecular weight excluding hydrogens is 279 g/mol. The van der Waals surface area contributed by atoms with E-state index in [0.717, 1.165) is 12.1 Å². The van der Waals surface area contributed by atoms with Crippen molar-refractivity contribution in [1.82, 2.24) is 10.3 Å². The maximum Gasteiger partial charge on any atom is 0.251 e. The quantitative estimate of drug-likeness (QED) is 0.884. The SMILES string of the molecule is CCNCc1ccnc(OCc2ccc(Cl)cc2)c1F. The smallest absolute Gasteiger partial charge is 0.251 e. The summed E-state index contributed by atoms with van der Waals surface area (Å²) in [5, 5.41) is 3.73. The Morgan fingerprint density at radius 3 is 2.70 bits per heavy atom. The van der Waals surface area contributed by atoms with Gasteiger partial charge >= 0.3 is 0 Å². The van der Waals surface area contributed by atoms with Gasteiger partial charge in [0.1, 0.15) is 6.61 Å². The number of pyridine rings is 1. The highest BCUT2D eigenvalue weighted by Crippen LogP contribution is 2.19. The van der Waals surface area contributed by atoms with E-state index in [0.29, 0.717) is 17.1 Å². The van der Waals surface area contributed by atoms with Crippen molar-refractivity contribution in [3.05, 3.63) is 58.5 Å². The average molecular weight is 295 g/mol. The lowest BCUT2D eigenvalue weighted by Crippen LogP contribution is -2.13. The van der Waals surface area contributed by atoms with E-state index in [9.17, 15) is 4.39 Å². The van der Waals surface area contributed by atoms with Gasteiger partial charge in [0.15, 0.2) is 5.82 Å². The summed E-state index contributed by atoms with van der Waals surface area (Å²) in [5.74, 6) is -0.391. The normalized spacial score (nSPS) is 10.6. The number of hydrogen-bond donors (Lipinski definition) is 1. The van der Waals surface area contributed by atoms with Crippen molar-refractivity contribution in [2.45, 2.75) is 20.1 Å². The van der Waals surface area contributed by atoms with Crippen LogP contribution in [0.4, 0.5) is 4.39 Å². The second-order valence-electron chi connectivity index (χ2n) is 4.28. The van der Waals surface area contributed by atoms with Crippen LogP contribution in [0.5, 0.6) is 5.88 Å². The zero-order valence-electron chi connectivity index (χ0n) is 11.2. The third-order valence-electron chi connectivity index (χ3n) is 2.79. The molecule has 0 radical (unpaired) electrons. The molecule has 0 bridgehead atoms. The molecule has 0 saturated heterocycles. The lowest BCUT2D eigenvalue weighted by Gasteiger charge is -2.09. The van der Waals surface area contributed by atoms with Crippen molar-refractivity contribution in [2.24, 2.45) is 0 Å². The Hall–Kier alpha value is -1.65. The standard InChI is InChI=1S/C15H16ClFN2O/c1-2-18-9-12-7-8-19-15(14(12)17)20-10-11-3-5-13(16)6-4-11/h3-8,18H,2,9-10H2,1H3. The average Bonchev–Trinajstić information content (AvgIpc) is 2.47. The minimum Gasteiger partial charge on any atom is -0.471 e. The van der Waals surface area contributed by atoms with Crippen molar-refractivity contribution in [2.75, 3.05) is 6.54 Å². The first-order chi connectivity index (χ1) is 9.70. The number of nitrogens with one attached hydrogen (secondary N) is 1. The lowest BCUT2D eigenvalue weighted by atomic mass is 10.2. The van der Waals surface area contributed by atoms with E-state index in [1.807, 2.05) is 19.1 Å². The molecule has 0 spiro atoms. The van der Waals surface area contributed by atoms with Crippen LogP contribution in [-0.2, 0) is 13.2 Å². The monoisotopic (exact) mass is 294 g/mol. The van der Waals surface area contributed by atoms with E-state index in [1.165, 1.54) is 0 Å². The second kappa shape index (κ2) is 7.22. The number of rotatable bonds is 6. The Bertz CT molecular complexity index is 560. The Balaban J connectivity index is 2.03. The molecule has 1 heterocycles. The van der Waals surface area contributed by atoms with Gasteiger partial charge in [-0.1, -0.05) is 30.7 Å². The van der Waals surface area contributed by atoms with Gasteiger partial charge < -0.3 is 10.1 Å². The number of aromatic nitrogens is 1. The summed E-state index contributed by atoms with van der Waals surface area (Å²) in [4.78, 5) is 3.93. The Kier molecular flexibility index (Phi) is 5.32. The largest absolute Gasteiger partial charge is 0.471 e. The molecule has 0 aliphatic heterocycles. The minimum atomic E-state index is -0.414. The second-order valence-corrected chi connectivity index (χ2v) is 4.72. The summed E-state index contributed by atoms with van der Waals surface area (Å²) in [6, 6.07) is 8.86. The van der Waals surface area contributed by atoms with Crippen LogP contribution in [0.3, 0.4) is 0 Å². The van der Waals surface area contributed by atoms with Crippen molar-refractivity contribution < 1.29 is 9.13 Å². The Morgan fingerprint density at radius 1 is 1.25 bits per heavy atom. The predicted molar refractivity (Wildman–Crippen MR) is 77.4 cm³/mol. The minimum absolute atomic E-state index is 0.0235. The summed E-state index contributed by atoms with van der Waals surface area (Å²) in [6.07, 6.45) is 1.55. The van der Waals surface area contributed by atoms with Crippen LogP contribution in [0.15, 0.2) is 36.5 Å². The molecule has 5 heteroatoms. The number of halogens is 2. The van der Waals surface area contributed by atoms with Crippen LogP contribution in [0.2, 0.25) is 5.02 Å². The summed E-state index contributed by atoms with van der Waals surface area (Å²) >= 11 is 5.80. The van der Waals surface area contributed by atoms with Crippen molar-refractivity contribution in [3.63, 3.8) is 0 Å². The fourth-order valence-corrected chi connectivity index (χ4v) is 1.82. The van der Waals surface area contributed by atoms with Crippen LogP contribution in [0.1, 0.15) is 18.1 Å².